The molecule has 0 radical (unpaired) electrons. The van der Waals surface area contributed by atoms with Gasteiger partial charge in [-0.3, -0.25) is 24.2 Å². The van der Waals surface area contributed by atoms with Crippen molar-refractivity contribution in [2.24, 2.45) is 4.99 Å². The second kappa shape index (κ2) is 9.75. The van der Waals surface area contributed by atoms with Gasteiger partial charge in [-0.05, 0) is 48.6 Å². The van der Waals surface area contributed by atoms with Gasteiger partial charge in [-0.25, -0.2) is 4.99 Å². The summed E-state index contributed by atoms with van der Waals surface area (Å²) >= 11 is 1.18. The van der Waals surface area contributed by atoms with E-state index in [1.165, 1.54) is 27.1 Å². The van der Waals surface area contributed by atoms with E-state index in [-0.39, 0.29) is 23.5 Å². The molecule has 0 spiro atoms. The summed E-state index contributed by atoms with van der Waals surface area (Å²) < 4.78 is 0. The summed E-state index contributed by atoms with van der Waals surface area (Å²) in [6.45, 7) is 6.72. The van der Waals surface area contributed by atoms with E-state index in [0.29, 0.717) is 41.9 Å². The van der Waals surface area contributed by atoms with Crippen LogP contribution in [0.15, 0.2) is 59.2 Å². The van der Waals surface area contributed by atoms with Crippen LogP contribution in [-0.4, -0.2) is 40.1 Å². The normalized spacial score (nSPS) is 17.5. The van der Waals surface area contributed by atoms with E-state index in [1.54, 1.807) is 6.08 Å². The maximum absolute atomic E-state index is 13.3. The number of thioether (sulfide) groups is 1. The molecule has 0 aromatic heterocycles. The molecule has 33 heavy (non-hydrogen) atoms. The molecule has 0 unspecified atom stereocenters. The quantitative estimate of drug-likeness (QED) is 0.603. The van der Waals surface area contributed by atoms with Gasteiger partial charge in [0.2, 0.25) is 11.8 Å². The van der Waals surface area contributed by atoms with E-state index in [4.69, 9.17) is 0 Å². The molecule has 1 fully saturated rings. The summed E-state index contributed by atoms with van der Waals surface area (Å²) in [5, 5.41) is 0.439. The fraction of sp³-hybridized carbons (Fsp3) is 0.308. The summed E-state index contributed by atoms with van der Waals surface area (Å²) in [6.07, 6.45) is 2.88. The topological polar surface area (TPSA) is 70.1 Å². The number of amides is 3. The lowest BCUT2D eigenvalue weighted by Gasteiger charge is -2.19. The van der Waals surface area contributed by atoms with Crippen molar-refractivity contribution >= 4 is 46.4 Å². The minimum Gasteiger partial charge on any atom is -0.282 e. The Morgan fingerprint density at radius 1 is 1.09 bits per heavy atom. The molecule has 0 aliphatic carbocycles. The number of carbonyl (C=O) groups excluding carboxylic acids is 3. The molecule has 2 aromatic carbocycles. The van der Waals surface area contributed by atoms with Gasteiger partial charge in [-0.1, -0.05) is 67.6 Å². The molecule has 2 aliphatic rings. The Bertz CT molecular complexity index is 1130. The maximum atomic E-state index is 13.3. The summed E-state index contributed by atoms with van der Waals surface area (Å²) in [5.41, 5.74) is 4.21. The molecule has 3 amide bonds. The van der Waals surface area contributed by atoms with E-state index in [0.717, 1.165) is 11.1 Å². The summed E-state index contributed by atoms with van der Waals surface area (Å²) in [7, 11) is 0. The number of amidine groups is 1. The lowest BCUT2D eigenvalue weighted by Crippen LogP contribution is -2.35. The third kappa shape index (κ3) is 5.09. The Kier molecular flexibility index (Phi) is 6.79. The number of rotatable bonds is 5. The Morgan fingerprint density at radius 3 is 2.39 bits per heavy atom. The van der Waals surface area contributed by atoms with Crippen LogP contribution in [0.1, 0.15) is 49.3 Å². The molecule has 6 nitrogen and oxygen atoms in total. The van der Waals surface area contributed by atoms with E-state index in [9.17, 15) is 14.4 Å². The molecule has 0 bridgehead atoms. The first-order chi connectivity index (χ1) is 15.8. The molecule has 2 aliphatic heterocycles. The number of benzene rings is 2. The minimum atomic E-state index is -0.247. The zero-order valence-electron chi connectivity index (χ0n) is 19.1. The maximum Gasteiger partial charge on any atom is 0.283 e. The Hall–Kier alpha value is -3.19. The SMILES string of the molecule is Cc1ccc(N2C(=O)C(=Cc3ccc(C(C)C)cc3)N=C2SCC(=O)N2CCCC2=O)cc1. The van der Waals surface area contributed by atoms with Crippen LogP contribution in [0.4, 0.5) is 5.69 Å². The zero-order chi connectivity index (χ0) is 23.5. The van der Waals surface area contributed by atoms with E-state index in [2.05, 4.69) is 31.0 Å². The first kappa shape index (κ1) is 23.0. The first-order valence-electron chi connectivity index (χ1n) is 11.1. The fourth-order valence-electron chi connectivity index (χ4n) is 3.77. The average molecular weight is 462 g/mol. The second-order valence-electron chi connectivity index (χ2n) is 8.55. The van der Waals surface area contributed by atoms with Gasteiger partial charge in [0.05, 0.1) is 11.4 Å². The highest BCUT2D eigenvalue weighted by Gasteiger charge is 2.33. The standard InChI is InChI=1S/C26H27N3O3S/c1-17(2)20-10-8-19(9-11-20)15-22-25(32)29(21-12-6-18(3)7-13-21)26(27-22)33-16-24(31)28-14-4-5-23(28)30/h6-13,15,17H,4-5,14,16H2,1-3H3. The zero-order valence-corrected chi connectivity index (χ0v) is 19.9. The number of hydrogen-bond donors (Lipinski definition) is 0. The monoisotopic (exact) mass is 461 g/mol. The molecular weight excluding hydrogens is 434 g/mol. The number of aryl methyl sites for hydroxylation is 1. The minimum absolute atomic E-state index is 0.0522. The van der Waals surface area contributed by atoms with E-state index >= 15 is 0 Å². The molecule has 170 valence electrons. The van der Waals surface area contributed by atoms with Crippen LogP contribution in [-0.2, 0) is 14.4 Å². The third-order valence-electron chi connectivity index (χ3n) is 5.73. The molecule has 2 aromatic rings. The molecule has 4 rings (SSSR count). The Morgan fingerprint density at radius 2 is 1.79 bits per heavy atom. The predicted molar refractivity (Wildman–Crippen MR) is 133 cm³/mol. The van der Waals surface area contributed by atoms with Crippen LogP contribution < -0.4 is 4.90 Å². The summed E-state index contributed by atoms with van der Waals surface area (Å²) in [5.74, 6) is -0.137. The smallest absolute Gasteiger partial charge is 0.282 e. The van der Waals surface area contributed by atoms with Crippen LogP contribution in [0.2, 0.25) is 0 Å². The van der Waals surface area contributed by atoms with Crippen LogP contribution >= 0.6 is 11.8 Å². The molecule has 0 atom stereocenters. The number of hydrogen-bond acceptors (Lipinski definition) is 5. The number of anilines is 1. The van der Waals surface area contributed by atoms with Gasteiger partial charge in [0, 0.05) is 13.0 Å². The van der Waals surface area contributed by atoms with Gasteiger partial charge in [-0.2, -0.15) is 0 Å². The van der Waals surface area contributed by atoms with Crippen molar-refractivity contribution in [1.29, 1.82) is 0 Å². The molecule has 2 heterocycles. The highest BCUT2D eigenvalue weighted by atomic mass is 32.2. The van der Waals surface area contributed by atoms with Gasteiger partial charge in [0.15, 0.2) is 5.17 Å². The van der Waals surface area contributed by atoms with E-state index < -0.39 is 0 Å². The van der Waals surface area contributed by atoms with Gasteiger partial charge >= 0.3 is 0 Å². The van der Waals surface area contributed by atoms with Crippen molar-refractivity contribution < 1.29 is 14.4 Å². The molecule has 0 saturated carbocycles. The second-order valence-corrected chi connectivity index (χ2v) is 9.50. The van der Waals surface area contributed by atoms with Gasteiger partial charge in [0.25, 0.3) is 5.91 Å². The van der Waals surface area contributed by atoms with Crippen LogP contribution in [0.25, 0.3) is 6.08 Å². The highest BCUT2D eigenvalue weighted by molar-refractivity contribution is 8.14. The summed E-state index contributed by atoms with van der Waals surface area (Å²) in [6, 6.07) is 15.7. The van der Waals surface area contributed by atoms with Crippen LogP contribution in [0.3, 0.4) is 0 Å². The lowest BCUT2D eigenvalue weighted by atomic mass is 10.0. The molecule has 0 N–H and O–H groups in total. The van der Waals surface area contributed by atoms with Gasteiger partial charge in [-0.15, -0.1) is 0 Å². The predicted octanol–water partition coefficient (Wildman–Crippen LogP) is 4.74. The van der Waals surface area contributed by atoms with Gasteiger partial charge in [0.1, 0.15) is 5.70 Å². The van der Waals surface area contributed by atoms with Gasteiger partial charge < -0.3 is 0 Å². The van der Waals surface area contributed by atoms with Crippen molar-refractivity contribution in [1.82, 2.24) is 4.90 Å². The molecular formula is C26H27N3O3S. The van der Waals surface area contributed by atoms with E-state index in [1.807, 2.05) is 43.3 Å². The average Bonchev–Trinajstić information content (AvgIpc) is 3.36. The van der Waals surface area contributed by atoms with Crippen molar-refractivity contribution in [3.05, 3.63) is 70.9 Å². The van der Waals surface area contributed by atoms with Crippen LogP contribution in [0.5, 0.6) is 0 Å². The molecule has 7 heteroatoms. The van der Waals surface area contributed by atoms with Crippen LogP contribution in [0, 0.1) is 6.92 Å². The Labute approximate surface area is 198 Å². The first-order valence-corrected chi connectivity index (χ1v) is 12.1. The number of aliphatic imine (C=N–C) groups is 1. The highest BCUT2D eigenvalue weighted by Crippen LogP contribution is 2.30. The van der Waals surface area contributed by atoms with Crippen molar-refractivity contribution in [3.63, 3.8) is 0 Å². The number of carbonyl (C=O) groups is 3. The largest absolute Gasteiger partial charge is 0.283 e. The third-order valence-corrected chi connectivity index (χ3v) is 6.65. The molecule has 1 saturated heterocycles. The lowest BCUT2D eigenvalue weighted by molar-refractivity contribution is -0.140. The Balaban J connectivity index is 1.60. The number of imide groups is 1. The van der Waals surface area contributed by atoms with Crippen molar-refractivity contribution in [2.75, 3.05) is 17.2 Å². The van der Waals surface area contributed by atoms with Crippen molar-refractivity contribution in [3.8, 4) is 0 Å². The van der Waals surface area contributed by atoms with Crippen molar-refractivity contribution in [2.45, 2.75) is 39.5 Å². The number of likely N-dealkylation sites (tertiary alicyclic amines) is 1. The number of nitrogens with zero attached hydrogens (tertiary/aromatic N) is 3. The fourth-order valence-corrected chi connectivity index (χ4v) is 4.65. The summed E-state index contributed by atoms with van der Waals surface area (Å²) in [4.78, 5) is 45.2.